The second kappa shape index (κ2) is 78.0. The molecule has 0 aliphatic heterocycles. The topological polar surface area (TPSA) is 95.9 Å². The van der Waals surface area contributed by atoms with E-state index >= 15 is 0 Å². The lowest BCUT2D eigenvalue weighted by Gasteiger charge is -2.22. The van der Waals surface area contributed by atoms with E-state index in [1.54, 1.807) is 0 Å². The average molecular weight is 1240 g/mol. The van der Waals surface area contributed by atoms with E-state index in [1.807, 2.05) is 0 Å². The van der Waals surface area contributed by atoms with Crippen molar-refractivity contribution in [3.8, 4) is 0 Å². The number of unbranched alkanes of at least 4 members (excludes halogenated alkanes) is 65. The number of carbonyl (C=O) groups excluding carboxylic acids is 2. The summed E-state index contributed by atoms with van der Waals surface area (Å²) in [6.07, 6.45) is 98.9. The van der Waals surface area contributed by atoms with Crippen molar-refractivity contribution in [3.63, 3.8) is 0 Å². The molecule has 0 rings (SSSR count). The number of rotatable bonds is 78. The highest BCUT2D eigenvalue weighted by Gasteiger charge is 2.20. The van der Waals surface area contributed by atoms with Crippen LogP contribution < -0.4 is 5.32 Å². The third-order valence-electron chi connectivity index (χ3n) is 19.6. The Bertz CT molecular complexity index is 1340. The maximum absolute atomic E-state index is 12.6. The molecule has 0 spiro atoms. The van der Waals surface area contributed by atoms with Crippen LogP contribution in [0.25, 0.3) is 0 Å². The van der Waals surface area contributed by atoms with Crippen LogP contribution in [0, 0.1) is 0 Å². The van der Waals surface area contributed by atoms with E-state index in [-0.39, 0.29) is 18.5 Å². The molecule has 0 saturated heterocycles. The molecule has 0 aromatic rings. The lowest BCUT2D eigenvalue weighted by Crippen LogP contribution is -2.45. The molecule has 0 bridgehead atoms. The molecule has 0 aromatic heterocycles. The molecule has 0 aliphatic carbocycles. The maximum Gasteiger partial charge on any atom is 0.305 e. The Kier molecular flexibility index (Phi) is 76.8. The second-order valence-electron chi connectivity index (χ2n) is 28.5. The Hall–Kier alpha value is -1.40. The Morgan fingerprint density at radius 2 is 0.534 bits per heavy atom. The molecule has 0 fully saturated rings. The lowest BCUT2D eigenvalue weighted by atomic mass is 10.0. The highest BCUT2D eigenvalue weighted by Crippen LogP contribution is 2.21. The monoisotopic (exact) mass is 1240 g/mol. The van der Waals surface area contributed by atoms with E-state index in [0.29, 0.717) is 25.9 Å². The van der Waals surface area contributed by atoms with E-state index in [2.05, 4.69) is 31.3 Å². The van der Waals surface area contributed by atoms with Gasteiger partial charge in [0.1, 0.15) is 0 Å². The van der Waals surface area contributed by atoms with Crippen molar-refractivity contribution in [2.45, 2.75) is 488 Å². The number of allylic oxidation sites excluding steroid dienone is 2. The van der Waals surface area contributed by atoms with Gasteiger partial charge in [-0.1, -0.05) is 424 Å². The second-order valence-corrected chi connectivity index (χ2v) is 28.5. The molecule has 88 heavy (non-hydrogen) atoms. The van der Waals surface area contributed by atoms with Gasteiger partial charge in [-0.15, -0.1) is 0 Å². The van der Waals surface area contributed by atoms with Crippen LogP contribution in [-0.4, -0.2) is 47.4 Å². The van der Waals surface area contributed by atoms with Crippen molar-refractivity contribution in [3.05, 3.63) is 12.2 Å². The van der Waals surface area contributed by atoms with Gasteiger partial charge in [0.25, 0.3) is 0 Å². The van der Waals surface area contributed by atoms with Crippen molar-refractivity contribution >= 4 is 11.9 Å². The quantitative estimate of drug-likeness (QED) is 0.0320. The predicted octanol–water partition coefficient (Wildman–Crippen LogP) is 27.1. The summed E-state index contributed by atoms with van der Waals surface area (Å²) in [6.45, 7) is 5.02. The van der Waals surface area contributed by atoms with Crippen LogP contribution in [0.1, 0.15) is 476 Å². The molecule has 0 aliphatic rings. The minimum absolute atomic E-state index is 0.0249. The van der Waals surface area contributed by atoms with Gasteiger partial charge in [-0.3, -0.25) is 9.59 Å². The van der Waals surface area contributed by atoms with Gasteiger partial charge < -0.3 is 20.3 Å². The summed E-state index contributed by atoms with van der Waals surface area (Å²) < 4.78 is 5.50. The zero-order valence-corrected chi connectivity index (χ0v) is 60.3. The molecular formula is C82H161NO5. The van der Waals surface area contributed by atoms with Crippen molar-refractivity contribution in [1.29, 1.82) is 0 Å². The number of aliphatic hydroxyl groups excluding tert-OH is 2. The summed E-state index contributed by atoms with van der Waals surface area (Å²) in [7, 11) is 0. The van der Waals surface area contributed by atoms with Gasteiger partial charge in [0.15, 0.2) is 0 Å². The van der Waals surface area contributed by atoms with Gasteiger partial charge in [0.05, 0.1) is 25.4 Å². The van der Waals surface area contributed by atoms with Crippen LogP contribution in [0.15, 0.2) is 12.2 Å². The van der Waals surface area contributed by atoms with E-state index in [4.69, 9.17) is 4.74 Å². The van der Waals surface area contributed by atoms with Gasteiger partial charge >= 0.3 is 5.97 Å². The minimum atomic E-state index is -0.662. The Morgan fingerprint density at radius 1 is 0.307 bits per heavy atom. The SMILES string of the molecule is CCCCCCCCCCCCCCCCCCCCCCC(O)C(CO)NC(=O)CCCCCCCCCCCCCCCCCCC/C=C\CCCCCCCCCCCCCCCCCCOC(=O)CCCCCCCCCCCCCCCC. The fourth-order valence-electron chi connectivity index (χ4n) is 13.3. The van der Waals surface area contributed by atoms with Gasteiger partial charge in [-0.25, -0.2) is 0 Å². The summed E-state index contributed by atoms with van der Waals surface area (Å²) in [5.74, 6) is -0.000417. The molecular weight excluding hydrogens is 1080 g/mol. The van der Waals surface area contributed by atoms with Crippen LogP contribution in [0.2, 0.25) is 0 Å². The highest BCUT2D eigenvalue weighted by molar-refractivity contribution is 5.76. The number of esters is 1. The Morgan fingerprint density at radius 3 is 0.807 bits per heavy atom. The summed E-state index contributed by atoms with van der Waals surface area (Å²) >= 11 is 0. The highest BCUT2D eigenvalue weighted by atomic mass is 16.5. The molecule has 3 N–H and O–H groups in total. The van der Waals surface area contributed by atoms with Gasteiger partial charge in [0, 0.05) is 12.8 Å². The number of ether oxygens (including phenoxy) is 1. The van der Waals surface area contributed by atoms with Crippen molar-refractivity contribution < 1.29 is 24.5 Å². The van der Waals surface area contributed by atoms with E-state index in [1.165, 1.54) is 405 Å². The van der Waals surface area contributed by atoms with Gasteiger partial charge in [-0.05, 0) is 51.4 Å². The van der Waals surface area contributed by atoms with E-state index in [9.17, 15) is 19.8 Å². The number of nitrogens with one attached hydrogen (secondary N) is 1. The molecule has 6 nitrogen and oxygen atoms in total. The van der Waals surface area contributed by atoms with Gasteiger partial charge in [-0.2, -0.15) is 0 Å². The fraction of sp³-hybridized carbons (Fsp3) is 0.951. The number of hydrogen-bond donors (Lipinski definition) is 3. The number of hydrogen-bond acceptors (Lipinski definition) is 5. The van der Waals surface area contributed by atoms with Crippen LogP contribution in [0.4, 0.5) is 0 Å². The number of aliphatic hydroxyl groups is 2. The summed E-state index contributed by atoms with van der Waals surface area (Å²) in [4.78, 5) is 24.6. The fourth-order valence-corrected chi connectivity index (χ4v) is 13.3. The molecule has 2 unspecified atom stereocenters. The summed E-state index contributed by atoms with van der Waals surface area (Å²) in [5, 5.41) is 23.4. The number of carbonyl (C=O) groups is 2. The molecule has 524 valence electrons. The largest absolute Gasteiger partial charge is 0.466 e. The molecule has 2 atom stereocenters. The van der Waals surface area contributed by atoms with E-state index in [0.717, 1.165) is 38.5 Å². The van der Waals surface area contributed by atoms with Gasteiger partial charge in [0.2, 0.25) is 5.91 Å². The van der Waals surface area contributed by atoms with Crippen LogP contribution >= 0.6 is 0 Å². The van der Waals surface area contributed by atoms with Crippen molar-refractivity contribution in [2.24, 2.45) is 0 Å². The molecule has 0 saturated carbocycles. The number of amides is 1. The zero-order chi connectivity index (χ0) is 63.5. The van der Waals surface area contributed by atoms with Crippen LogP contribution in [0.3, 0.4) is 0 Å². The first kappa shape index (κ1) is 86.6. The Balaban J connectivity index is 3.32. The molecule has 0 radical (unpaired) electrons. The molecule has 0 aromatic carbocycles. The van der Waals surface area contributed by atoms with Crippen LogP contribution in [0.5, 0.6) is 0 Å². The Labute approximate surface area is 552 Å². The first-order valence-electron chi connectivity index (χ1n) is 40.9. The first-order valence-corrected chi connectivity index (χ1v) is 40.9. The third kappa shape index (κ3) is 73.6. The molecule has 1 amide bonds. The molecule has 0 heterocycles. The standard InChI is InChI=1S/C82H161NO5/c1-3-5-7-9-11-13-15-17-19-20-21-41-44-47-50-54-58-62-66-70-74-80(85)79(78-84)83-81(86)75-71-67-63-59-55-51-48-45-42-39-37-35-33-31-29-27-25-23-22-24-26-28-30-32-34-36-38-40-43-46-49-53-57-61-65-69-73-77-88-82(87)76-72-68-64-60-56-52-18-16-14-12-10-8-6-4-2/h22,24,79-80,84-85H,3-21,23,25-78H2,1-2H3,(H,83,86)/b24-22-. The molecule has 6 heteroatoms. The predicted molar refractivity (Wildman–Crippen MR) is 389 cm³/mol. The maximum atomic E-state index is 12.6. The van der Waals surface area contributed by atoms with Crippen LogP contribution in [-0.2, 0) is 14.3 Å². The first-order chi connectivity index (χ1) is 43.5. The normalized spacial score (nSPS) is 12.5. The zero-order valence-electron chi connectivity index (χ0n) is 60.3. The van der Waals surface area contributed by atoms with E-state index < -0.39 is 12.1 Å². The summed E-state index contributed by atoms with van der Waals surface area (Å²) in [5.41, 5.74) is 0. The summed E-state index contributed by atoms with van der Waals surface area (Å²) in [6, 6.07) is -0.539. The minimum Gasteiger partial charge on any atom is -0.466 e. The van der Waals surface area contributed by atoms with Crippen molar-refractivity contribution in [2.75, 3.05) is 13.2 Å². The average Bonchev–Trinajstić information content (AvgIpc) is 3.58. The third-order valence-corrected chi connectivity index (χ3v) is 19.6. The lowest BCUT2D eigenvalue weighted by molar-refractivity contribution is -0.143. The smallest absolute Gasteiger partial charge is 0.305 e. The van der Waals surface area contributed by atoms with Crippen molar-refractivity contribution in [1.82, 2.24) is 5.32 Å².